The van der Waals surface area contributed by atoms with Gasteiger partial charge in [0.1, 0.15) is 0 Å². The SMILES string of the molecule is CC1(CNCc2cc(N)cc(Cl)c2)CCCCC1. The Labute approximate surface area is 115 Å². The number of halogens is 1. The zero-order chi connectivity index (χ0) is 13.0. The van der Waals surface area contributed by atoms with Crippen LogP contribution in [0.3, 0.4) is 0 Å². The number of hydrogen-bond donors (Lipinski definition) is 2. The molecule has 3 N–H and O–H groups in total. The lowest BCUT2D eigenvalue weighted by Gasteiger charge is -2.33. The second-order valence-corrected chi connectivity index (χ2v) is 6.30. The molecule has 1 aromatic rings. The zero-order valence-electron chi connectivity index (χ0n) is 11.1. The fourth-order valence-corrected chi connectivity index (χ4v) is 3.13. The standard InChI is InChI=1S/C15H23ClN2/c1-15(5-3-2-4-6-15)11-18-10-12-7-13(16)9-14(17)8-12/h7-9,18H,2-6,10-11,17H2,1H3. The molecule has 3 heteroatoms. The van der Waals surface area contributed by atoms with Crippen LogP contribution in [0.1, 0.15) is 44.6 Å². The van der Waals surface area contributed by atoms with E-state index >= 15 is 0 Å². The molecule has 18 heavy (non-hydrogen) atoms. The number of nitrogens with two attached hydrogens (primary N) is 1. The molecular weight excluding hydrogens is 244 g/mol. The topological polar surface area (TPSA) is 38.0 Å². The van der Waals surface area contributed by atoms with Crippen molar-refractivity contribution in [1.82, 2.24) is 5.32 Å². The summed E-state index contributed by atoms with van der Waals surface area (Å²) in [5.74, 6) is 0. The van der Waals surface area contributed by atoms with Gasteiger partial charge >= 0.3 is 0 Å². The zero-order valence-corrected chi connectivity index (χ0v) is 11.9. The Morgan fingerprint density at radius 1 is 1.22 bits per heavy atom. The molecule has 100 valence electrons. The number of hydrogen-bond acceptors (Lipinski definition) is 2. The van der Waals surface area contributed by atoms with Gasteiger partial charge in [-0.15, -0.1) is 0 Å². The molecule has 0 aliphatic heterocycles. The molecule has 0 heterocycles. The Morgan fingerprint density at radius 3 is 2.61 bits per heavy atom. The largest absolute Gasteiger partial charge is 0.399 e. The first-order valence-electron chi connectivity index (χ1n) is 6.83. The molecule has 1 fully saturated rings. The summed E-state index contributed by atoms with van der Waals surface area (Å²) in [4.78, 5) is 0. The maximum absolute atomic E-state index is 6.00. The third-order valence-electron chi connectivity index (χ3n) is 3.92. The van der Waals surface area contributed by atoms with Crippen LogP contribution in [0, 0.1) is 5.41 Å². The minimum Gasteiger partial charge on any atom is -0.399 e. The van der Waals surface area contributed by atoms with Crippen molar-refractivity contribution in [2.45, 2.75) is 45.6 Å². The highest BCUT2D eigenvalue weighted by Crippen LogP contribution is 2.35. The van der Waals surface area contributed by atoms with E-state index in [-0.39, 0.29) is 0 Å². The molecule has 2 nitrogen and oxygen atoms in total. The number of nitrogens with one attached hydrogen (secondary N) is 1. The maximum Gasteiger partial charge on any atom is 0.0429 e. The lowest BCUT2D eigenvalue weighted by atomic mass is 9.76. The van der Waals surface area contributed by atoms with Gasteiger partial charge in [-0.3, -0.25) is 0 Å². The van der Waals surface area contributed by atoms with Crippen LogP contribution < -0.4 is 11.1 Å². The molecule has 2 rings (SSSR count). The van der Waals surface area contributed by atoms with Crippen LogP contribution in [0.5, 0.6) is 0 Å². The molecule has 0 spiro atoms. The van der Waals surface area contributed by atoms with Crippen molar-refractivity contribution in [3.8, 4) is 0 Å². The van der Waals surface area contributed by atoms with E-state index in [4.69, 9.17) is 17.3 Å². The molecule has 0 unspecified atom stereocenters. The van der Waals surface area contributed by atoms with Crippen LogP contribution in [-0.4, -0.2) is 6.54 Å². The van der Waals surface area contributed by atoms with Crippen LogP contribution in [0.15, 0.2) is 18.2 Å². The summed E-state index contributed by atoms with van der Waals surface area (Å²) < 4.78 is 0. The molecule has 1 aliphatic carbocycles. The minimum absolute atomic E-state index is 0.475. The van der Waals surface area contributed by atoms with Crippen LogP contribution in [0.4, 0.5) is 5.69 Å². The predicted molar refractivity (Wildman–Crippen MR) is 78.8 cm³/mol. The molecular formula is C15H23ClN2. The summed E-state index contributed by atoms with van der Waals surface area (Å²) in [6, 6.07) is 5.75. The first kappa shape index (κ1) is 13.7. The van der Waals surface area contributed by atoms with Crippen LogP contribution in [0.25, 0.3) is 0 Å². The van der Waals surface area contributed by atoms with Gasteiger partial charge in [-0.05, 0) is 42.0 Å². The van der Waals surface area contributed by atoms with Gasteiger partial charge in [0, 0.05) is 23.8 Å². The number of anilines is 1. The molecule has 0 radical (unpaired) electrons. The highest BCUT2D eigenvalue weighted by molar-refractivity contribution is 6.30. The second kappa shape index (κ2) is 5.94. The normalized spacial score (nSPS) is 18.8. The van der Waals surface area contributed by atoms with Crippen molar-refractivity contribution < 1.29 is 0 Å². The Balaban J connectivity index is 1.84. The minimum atomic E-state index is 0.475. The molecule has 0 saturated heterocycles. The summed E-state index contributed by atoms with van der Waals surface area (Å²) in [5.41, 5.74) is 8.17. The van der Waals surface area contributed by atoms with Gasteiger partial charge in [-0.1, -0.05) is 37.8 Å². The van der Waals surface area contributed by atoms with Gasteiger partial charge in [-0.2, -0.15) is 0 Å². The summed E-state index contributed by atoms with van der Waals surface area (Å²) >= 11 is 6.00. The first-order chi connectivity index (χ1) is 8.57. The fourth-order valence-electron chi connectivity index (χ4n) is 2.87. The molecule has 1 aliphatic rings. The molecule has 0 atom stereocenters. The van der Waals surface area contributed by atoms with Crippen molar-refractivity contribution in [1.29, 1.82) is 0 Å². The van der Waals surface area contributed by atoms with Gasteiger partial charge < -0.3 is 11.1 Å². The van der Waals surface area contributed by atoms with E-state index in [1.807, 2.05) is 12.1 Å². The Kier molecular flexibility index (Phi) is 4.52. The average molecular weight is 267 g/mol. The number of nitrogen functional groups attached to an aromatic ring is 1. The van der Waals surface area contributed by atoms with E-state index in [2.05, 4.69) is 12.2 Å². The molecule has 1 aromatic carbocycles. The highest BCUT2D eigenvalue weighted by atomic mass is 35.5. The summed E-state index contributed by atoms with van der Waals surface area (Å²) in [7, 11) is 0. The number of rotatable bonds is 4. The van der Waals surface area contributed by atoms with E-state index in [0.29, 0.717) is 5.41 Å². The molecule has 0 aromatic heterocycles. The average Bonchev–Trinajstić information content (AvgIpc) is 2.28. The first-order valence-corrected chi connectivity index (χ1v) is 7.21. The van der Waals surface area contributed by atoms with Gasteiger partial charge in [0.05, 0.1) is 0 Å². The Hall–Kier alpha value is -0.730. The molecule has 0 amide bonds. The molecule has 1 saturated carbocycles. The summed E-state index contributed by atoms with van der Waals surface area (Å²) in [6.07, 6.45) is 6.85. The van der Waals surface area contributed by atoms with Crippen LogP contribution in [0.2, 0.25) is 5.02 Å². The third-order valence-corrected chi connectivity index (χ3v) is 4.14. The van der Waals surface area contributed by atoms with E-state index in [9.17, 15) is 0 Å². The molecule has 0 bridgehead atoms. The summed E-state index contributed by atoms with van der Waals surface area (Å²) in [6.45, 7) is 4.32. The van der Waals surface area contributed by atoms with Gasteiger partial charge in [0.25, 0.3) is 0 Å². The third kappa shape index (κ3) is 3.89. The van der Waals surface area contributed by atoms with Crippen molar-refractivity contribution in [3.63, 3.8) is 0 Å². The maximum atomic E-state index is 6.00. The van der Waals surface area contributed by atoms with Gasteiger partial charge in [-0.25, -0.2) is 0 Å². The van der Waals surface area contributed by atoms with Crippen molar-refractivity contribution in [3.05, 3.63) is 28.8 Å². The van der Waals surface area contributed by atoms with Crippen molar-refractivity contribution in [2.75, 3.05) is 12.3 Å². The fraction of sp³-hybridized carbons (Fsp3) is 0.600. The predicted octanol–water partition coefficient (Wildman–Crippen LogP) is 3.98. The van der Waals surface area contributed by atoms with Crippen LogP contribution in [-0.2, 0) is 6.54 Å². The van der Waals surface area contributed by atoms with Crippen LogP contribution >= 0.6 is 11.6 Å². The van der Waals surface area contributed by atoms with Gasteiger partial charge in [0.2, 0.25) is 0 Å². The monoisotopic (exact) mass is 266 g/mol. The quantitative estimate of drug-likeness (QED) is 0.809. The van der Waals surface area contributed by atoms with E-state index in [0.717, 1.165) is 23.8 Å². The summed E-state index contributed by atoms with van der Waals surface area (Å²) in [5, 5.41) is 4.27. The highest BCUT2D eigenvalue weighted by Gasteiger charge is 2.25. The lowest BCUT2D eigenvalue weighted by molar-refractivity contribution is 0.207. The second-order valence-electron chi connectivity index (χ2n) is 5.87. The van der Waals surface area contributed by atoms with E-state index in [1.165, 1.54) is 37.7 Å². The van der Waals surface area contributed by atoms with Crippen molar-refractivity contribution in [2.24, 2.45) is 5.41 Å². The smallest absolute Gasteiger partial charge is 0.0429 e. The van der Waals surface area contributed by atoms with E-state index in [1.54, 1.807) is 6.07 Å². The lowest BCUT2D eigenvalue weighted by Crippen LogP contribution is -2.33. The Bertz CT molecular complexity index is 377. The van der Waals surface area contributed by atoms with Crippen molar-refractivity contribution >= 4 is 17.3 Å². The van der Waals surface area contributed by atoms with E-state index < -0.39 is 0 Å². The number of benzene rings is 1. The van der Waals surface area contributed by atoms with Gasteiger partial charge in [0.15, 0.2) is 0 Å². The Morgan fingerprint density at radius 2 is 1.94 bits per heavy atom.